The van der Waals surface area contributed by atoms with Crippen LogP contribution in [-0.4, -0.2) is 17.4 Å². The third kappa shape index (κ3) is 3.38. The molecule has 0 fully saturated rings. The quantitative estimate of drug-likeness (QED) is 0.504. The van der Waals surface area contributed by atoms with Crippen LogP contribution in [0.1, 0.15) is 30.5 Å². The molecular formula is C26H26NO+. The van der Waals surface area contributed by atoms with Gasteiger partial charge in [-0.1, -0.05) is 60.7 Å². The fourth-order valence-corrected chi connectivity index (χ4v) is 3.97. The Labute approximate surface area is 167 Å². The summed E-state index contributed by atoms with van der Waals surface area (Å²) in [6, 6.07) is 27.6. The van der Waals surface area contributed by atoms with E-state index in [1.54, 1.807) is 7.11 Å². The van der Waals surface area contributed by atoms with Crippen LogP contribution in [0.4, 0.5) is 5.69 Å². The van der Waals surface area contributed by atoms with Crippen molar-refractivity contribution in [1.29, 1.82) is 0 Å². The van der Waals surface area contributed by atoms with Crippen molar-refractivity contribution in [3.8, 4) is 5.75 Å². The molecule has 0 bridgehead atoms. The summed E-state index contributed by atoms with van der Waals surface area (Å²) in [5, 5.41) is 0. The molecule has 0 aliphatic carbocycles. The van der Waals surface area contributed by atoms with Crippen molar-refractivity contribution < 1.29 is 9.31 Å². The smallest absolute Gasteiger partial charge is 0.210 e. The van der Waals surface area contributed by atoms with E-state index < -0.39 is 0 Å². The highest BCUT2D eigenvalue weighted by molar-refractivity contribution is 6.05. The summed E-state index contributed by atoms with van der Waals surface area (Å²) < 4.78 is 7.72. The average molecular weight is 369 g/mol. The highest BCUT2D eigenvalue weighted by Gasteiger charge is 2.43. The number of methoxy groups -OCH3 is 1. The lowest BCUT2D eigenvalue weighted by atomic mass is 9.81. The first-order valence-electron chi connectivity index (χ1n) is 9.70. The average Bonchev–Trinajstić information content (AvgIpc) is 2.94. The topological polar surface area (TPSA) is 12.2 Å². The third-order valence-corrected chi connectivity index (χ3v) is 5.53. The molecule has 0 unspecified atom stereocenters. The van der Waals surface area contributed by atoms with Crippen LogP contribution in [0, 0.1) is 0 Å². The predicted octanol–water partition coefficient (Wildman–Crippen LogP) is 5.99. The Hall–Kier alpha value is -3.13. The first-order valence-corrected chi connectivity index (χ1v) is 9.70. The van der Waals surface area contributed by atoms with Gasteiger partial charge in [-0.2, -0.15) is 4.58 Å². The second-order valence-corrected chi connectivity index (χ2v) is 7.71. The van der Waals surface area contributed by atoms with Crippen molar-refractivity contribution in [3.05, 3.63) is 102 Å². The van der Waals surface area contributed by atoms with Gasteiger partial charge in [0.15, 0.2) is 12.3 Å². The van der Waals surface area contributed by atoms with Gasteiger partial charge < -0.3 is 4.74 Å². The standard InChI is InChI=1S/C26H26NO/c1-26(2)23-11-7-8-12-24(23)27(19-21-9-5-4-6-10-21)25(26)18-15-20-13-16-22(28-3)17-14-20/h4-18H,19H2,1-3H3/q+1. The van der Waals surface area contributed by atoms with E-state index >= 15 is 0 Å². The summed E-state index contributed by atoms with van der Waals surface area (Å²) in [5.74, 6) is 0.879. The van der Waals surface area contributed by atoms with Gasteiger partial charge in [-0.15, -0.1) is 0 Å². The Kier molecular flexibility index (Phi) is 4.87. The molecule has 3 aromatic carbocycles. The lowest BCUT2D eigenvalue weighted by Crippen LogP contribution is -2.27. The number of benzene rings is 3. The highest BCUT2D eigenvalue weighted by atomic mass is 16.5. The van der Waals surface area contributed by atoms with E-state index in [0.29, 0.717) is 0 Å². The van der Waals surface area contributed by atoms with Crippen molar-refractivity contribution in [2.45, 2.75) is 25.8 Å². The van der Waals surface area contributed by atoms with Crippen molar-refractivity contribution in [2.24, 2.45) is 0 Å². The van der Waals surface area contributed by atoms with Crippen molar-refractivity contribution >= 4 is 17.5 Å². The van der Waals surface area contributed by atoms with Gasteiger partial charge in [0.1, 0.15) is 5.75 Å². The minimum atomic E-state index is -0.0473. The molecule has 0 spiro atoms. The molecule has 0 saturated heterocycles. The molecule has 0 amide bonds. The van der Waals surface area contributed by atoms with Crippen LogP contribution in [0.25, 0.3) is 6.08 Å². The molecule has 3 aromatic rings. The van der Waals surface area contributed by atoms with E-state index in [2.05, 4.69) is 97.3 Å². The first-order chi connectivity index (χ1) is 13.6. The number of hydrogen-bond acceptors (Lipinski definition) is 1. The van der Waals surface area contributed by atoms with E-state index in [9.17, 15) is 0 Å². The van der Waals surface area contributed by atoms with Crippen LogP contribution >= 0.6 is 0 Å². The monoisotopic (exact) mass is 368 g/mol. The van der Waals surface area contributed by atoms with E-state index in [1.165, 1.54) is 28.1 Å². The minimum Gasteiger partial charge on any atom is -0.497 e. The number of para-hydroxylation sites is 1. The molecular weight excluding hydrogens is 342 g/mol. The molecule has 0 atom stereocenters. The molecule has 1 aliphatic rings. The molecule has 2 heteroatoms. The maximum atomic E-state index is 5.27. The van der Waals surface area contributed by atoms with Crippen molar-refractivity contribution in [1.82, 2.24) is 0 Å². The molecule has 28 heavy (non-hydrogen) atoms. The summed E-state index contributed by atoms with van der Waals surface area (Å²) >= 11 is 0. The molecule has 1 heterocycles. The minimum absolute atomic E-state index is 0.0473. The van der Waals surface area contributed by atoms with Crippen LogP contribution in [0.3, 0.4) is 0 Å². The Morgan fingerprint density at radius 3 is 2.21 bits per heavy atom. The summed E-state index contributed by atoms with van der Waals surface area (Å²) in [5.41, 5.74) is 6.42. The van der Waals surface area contributed by atoms with Crippen LogP contribution in [-0.2, 0) is 12.0 Å². The normalized spacial score (nSPS) is 15.1. The summed E-state index contributed by atoms with van der Waals surface area (Å²) in [7, 11) is 1.69. The van der Waals surface area contributed by atoms with E-state index in [0.717, 1.165) is 12.3 Å². The number of nitrogens with zero attached hydrogens (tertiary/aromatic N) is 1. The molecule has 2 nitrogen and oxygen atoms in total. The van der Waals surface area contributed by atoms with Gasteiger partial charge in [0.2, 0.25) is 5.69 Å². The van der Waals surface area contributed by atoms with Crippen LogP contribution in [0.15, 0.2) is 84.9 Å². The molecule has 0 N–H and O–H groups in total. The summed E-state index contributed by atoms with van der Waals surface area (Å²) in [6.07, 6.45) is 4.46. The van der Waals surface area contributed by atoms with Gasteiger partial charge >= 0.3 is 0 Å². The zero-order valence-corrected chi connectivity index (χ0v) is 16.7. The Bertz CT molecular complexity index is 1030. The third-order valence-electron chi connectivity index (χ3n) is 5.53. The number of ether oxygens (including phenoxy) is 1. The molecule has 0 saturated carbocycles. The van der Waals surface area contributed by atoms with Gasteiger partial charge in [0, 0.05) is 23.3 Å². The van der Waals surface area contributed by atoms with Gasteiger partial charge in [-0.05, 0) is 37.6 Å². The second kappa shape index (κ2) is 7.47. The zero-order valence-electron chi connectivity index (χ0n) is 16.7. The number of allylic oxidation sites excluding steroid dienone is 1. The SMILES string of the molecule is COc1ccc(C=CC2=[N+](Cc3ccccc3)c3ccccc3C2(C)C)cc1. The van der Waals surface area contributed by atoms with Crippen molar-refractivity contribution in [3.63, 3.8) is 0 Å². The Morgan fingerprint density at radius 1 is 0.821 bits per heavy atom. The Balaban J connectivity index is 1.77. The molecule has 4 rings (SSSR count). The zero-order chi connectivity index (χ0) is 19.6. The van der Waals surface area contributed by atoms with Crippen LogP contribution in [0.5, 0.6) is 5.75 Å². The fraction of sp³-hybridized carbons (Fsp3) is 0.192. The molecule has 1 aliphatic heterocycles. The molecule has 0 radical (unpaired) electrons. The molecule has 0 aromatic heterocycles. The van der Waals surface area contributed by atoms with Crippen LogP contribution < -0.4 is 4.74 Å². The first kappa shape index (κ1) is 18.2. The highest BCUT2D eigenvalue weighted by Crippen LogP contribution is 2.40. The fourth-order valence-electron chi connectivity index (χ4n) is 3.97. The largest absolute Gasteiger partial charge is 0.497 e. The van der Waals surface area contributed by atoms with Gasteiger partial charge in [-0.25, -0.2) is 0 Å². The van der Waals surface area contributed by atoms with Gasteiger partial charge in [-0.3, -0.25) is 0 Å². The Morgan fingerprint density at radius 2 is 1.50 bits per heavy atom. The maximum Gasteiger partial charge on any atom is 0.210 e. The van der Waals surface area contributed by atoms with Gasteiger partial charge in [0.25, 0.3) is 0 Å². The number of fused-ring (bicyclic) bond motifs is 1. The number of rotatable bonds is 5. The van der Waals surface area contributed by atoms with Crippen LogP contribution in [0.2, 0.25) is 0 Å². The summed E-state index contributed by atoms with van der Waals surface area (Å²) in [6.45, 7) is 5.48. The lowest BCUT2D eigenvalue weighted by Gasteiger charge is -2.15. The maximum absolute atomic E-state index is 5.27. The van der Waals surface area contributed by atoms with E-state index in [-0.39, 0.29) is 5.41 Å². The molecule has 140 valence electrons. The predicted molar refractivity (Wildman–Crippen MR) is 117 cm³/mol. The van der Waals surface area contributed by atoms with E-state index in [1.807, 2.05) is 12.1 Å². The number of hydrogen-bond donors (Lipinski definition) is 0. The van der Waals surface area contributed by atoms with Crippen molar-refractivity contribution in [2.75, 3.05) is 7.11 Å². The van der Waals surface area contributed by atoms with E-state index in [4.69, 9.17) is 4.74 Å². The summed E-state index contributed by atoms with van der Waals surface area (Å²) in [4.78, 5) is 0. The lowest BCUT2D eigenvalue weighted by molar-refractivity contribution is -0.455. The second-order valence-electron chi connectivity index (χ2n) is 7.71. The van der Waals surface area contributed by atoms with Gasteiger partial charge in [0.05, 0.1) is 12.5 Å².